The van der Waals surface area contributed by atoms with E-state index in [4.69, 9.17) is 0 Å². The lowest BCUT2D eigenvalue weighted by Gasteiger charge is -2.09. The quantitative estimate of drug-likeness (QED) is 0.857. The van der Waals surface area contributed by atoms with Crippen molar-refractivity contribution >= 4 is 11.6 Å². The summed E-state index contributed by atoms with van der Waals surface area (Å²) in [5.74, 6) is -0.0467. The van der Waals surface area contributed by atoms with Gasteiger partial charge in [0.05, 0.1) is 12.2 Å². The average molecular weight is 283 g/mol. The Balaban J connectivity index is 1.82. The van der Waals surface area contributed by atoms with Crippen LogP contribution in [0, 0.1) is 6.92 Å². The maximum Gasteiger partial charge on any atom is 0.238 e. The minimum Gasteiger partial charge on any atom is -0.325 e. The minimum absolute atomic E-state index is 0.0467. The van der Waals surface area contributed by atoms with Crippen LogP contribution >= 0.6 is 0 Å². The van der Waals surface area contributed by atoms with E-state index < -0.39 is 0 Å². The number of nitrogens with one attached hydrogen (secondary N) is 2. The fourth-order valence-corrected chi connectivity index (χ4v) is 2.17. The average Bonchev–Trinajstić information content (AvgIpc) is 2.47. The van der Waals surface area contributed by atoms with Crippen molar-refractivity contribution in [3.63, 3.8) is 0 Å². The predicted octanol–water partition coefficient (Wildman–Crippen LogP) is 2.68. The van der Waals surface area contributed by atoms with Crippen LogP contribution in [0.5, 0.6) is 0 Å². The summed E-state index contributed by atoms with van der Waals surface area (Å²) in [5, 5.41) is 6.01. The second-order valence-electron chi connectivity index (χ2n) is 4.98. The molecule has 1 amide bonds. The number of aryl methyl sites for hydroxylation is 2. The Bertz CT molecular complexity index is 610. The van der Waals surface area contributed by atoms with E-state index in [9.17, 15) is 4.79 Å². The van der Waals surface area contributed by atoms with Crippen LogP contribution in [0.25, 0.3) is 0 Å². The van der Waals surface area contributed by atoms with Crippen molar-refractivity contribution in [1.82, 2.24) is 10.3 Å². The zero-order chi connectivity index (χ0) is 15.1. The van der Waals surface area contributed by atoms with E-state index in [-0.39, 0.29) is 12.5 Å². The normalized spacial score (nSPS) is 10.4. The molecule has 2 rings (SSSR count). The van der Waals surface area contributed by atoms with Crippen LogP contribution in [0.3, 0.4) is 0 Å². The van der Waals surface area contributed by atoms with Crippen LogP contribution in [0.1, 0.15) is 23.7 Å². The molecule has 0 aliphatic carbocycles. The highest BCUT2D eigenvalue weighted by atomic mass is 16.1. The molecular weight excluding hydrogens is 262 g/mol. The van der Waals surface area contributed by atoms with Crippen LogP contribution in [0.2, 0.25) is 0 Å². The molecule has 4 heteroatoms. The second-order valence-corrected chi connectivity index (χ2v) is 4.98. The zero-order valence-corrected chi connectivity index (χ0v) is 12.5. The van der Waals surface area contributed by atoms with Crippen LogP contribution < -0.4 is 10.6 Å². The first-order valence-electron chi connectivity index (χ1n) is 7.19. The Morgan fingerprint density at radius 1 is 1.24 bits per heavy atom. The number of hydrogen-bond acceptors (Lipinski definition) is 3. The third kappa shape index (κ3) is 4.68. The first kappa shape index (κ1) is 15.2. The highest BCUT2D eigenvalue weighted by molar-refractivity contribution is 5.92. The molecule has 0 saturated carbocycles. The lowest BCUT2D eigenvalue weighted by Crippen LogP contribution is -2.28. The van der Waals surface area contributed by atoms with Crippen LogP contribution in [-0.2, 0) is 17.8 Å². The van der Waals surface area contributed by atoms with Crippen LogP contribution in [0.15, 0.2) is 42.6 Å². The first-order chi connectivity index (χ1) is 10.2. The number of amides is 1. The highest BCUT2D eigenvalue weighted by Gasteiger charge is 2.04. The fourth-order valence-electron chi connectivity index (χ4n) is 2.17. The summed E-state index contributed by atoms with van der Waals surface area (Å²) in [7, 11) is 0. The molecule has 110 valence electrons. The predicted molar refractivity (Wildman–Crippen MR) is 85.1 cm³/mol. The minimum atomic E-state index is -0.0467. The smallest absolute Gasteiger partial charge is 0.238 e. The Kier molecular flexibility index (Phi) is 5.46. The van der Waals surface area contributed by atoms with Crippen molar-refractivity contribution in [3.05, 3.63) is 59.4 Å². The SMILES string of the molecule is CCc1cccnc1CNCC(=O)Nc1cccc(C)c1. The van der Waals surface area contributed by atoms with E-state index in [1.54, 1.807) is 6.20 Å². The largest absolute Gasteiger partial charge is 0.325 e. The van der Waals surface area contributed by atoms with Gasteiger partial charge in [0, 0.05) is 18.4 Å². The van der Waals surface area contributed by atoms with Crippen molar-refractivity contribution in [1.29, 1.82) is 0 Å². The maximum atomic E-state index is 11.9. The lowest BCUT2D eigenvalue weighted by atomic mass is 10.1. The molecule has 0 unspecified atom stereocenters. The molecule has 0 aliphatic heterocycles. The molecule has 1 aromatic heterocycles. The summed E-state index contributed by atoms with van der Waals surface area (Å²) in [5.41, 5.74) is 4.17. The number of anilines is 1. The monoisotopic (exact) mass is 283 g/mol. The molecule has 4 nitrogen and oxygen atoms in total. The molecule has 0 spiro atoms. The van der Waals surface area contributed by atoms with Gasteiger partial charge < -0.3 is 10.6 Å². The van der Waals surface area contributed by atoms with Crippen molar-refractivity contribution in [2.75, 3.05) is 11.9 Å². The maximum absolute atomic E-state index is 11.9. The van der Waals surface area contributed by atoms with Gasteiger partial charge in [-0.25, -0.2) is 0 Å². The summed E-state index contributed by atoms with van der Waals surface area (Å²) in [6.07, 6.45) is 2.73. The summed E-state index contributed by atoms with van der Waals surface area (Å²) in [6.45, 7) is 4.98. The van der Waals surface area contributed by atoms with Crippen molar-refractivity contribution in [3.8, 4) is 0 Å². The first-order valence-corrected chi connectivity index (χ1v) is 7.19. The van der Waals surface area contributed by atoms with Crippen LogP contribution in [0.4, 0.5) is 5.69 Å². The number of benzene rings is 1. The van der Waals surface area contributed by atoms with Gasteiger partial charge in [-0.1, -0.05) is 25.1 Å². The summed E-state index contributed by atoms with van der Waals surface area (Å²) in [4.78, 5) is 16.2. The van der Waals surface area contributed by atoms with Gasteiger partial charge in [0.15, 0.2) is 0 Å². The summed E-state index contributed by atoms with van der Waals surface area (Å²) < 4.78 is 0. The van der Waals surface area contributed by atoms with Crippen molar-refractivity contribution in [2.45, 2.75) is 26.8 Å². The lowest BCUT2D eigenvalue weighted by molar-refractivity contribution is -0.115. The van der Waals surface area contributed by atoms with Crippen LogP contribution in [-0.4, -0.2) is 17.4 Å². The van der Waals surface area contributed by atoms with E-state index >= 15 is 0 Å². The van der Waals surface area contributed by atoms with E-state index in [1.807, 2.05) is 37.3 Å². The summed E-state index contributed by atoms with van der Waals surface area (Å²) in [6, 6.07) is 11.8. The Morgan fingerprint density at radius 3 is 2.86 bits per heavy atom. The molecule has 0 radical (unpaired) electrons. The molecule has 0 atom stereocenters. The molecule has 1 aromatic carbocycles. The van der Waals surface area contributed by atoms with Gasteiger partial charge in [-0.15, -0.1) is 0 Å². The second kappa shape index (κ2) is 7.55. The number of rotatable bonds is 6. The Hall–Kier alpha value is -2.20. The third-order valence-electron chi connectivity index (χ3n) is 3.25. The van der Waals surface area contributed by atoms with Crippen molar-refractivity contribution in [2.24, 2.45) is 0 Å². The molecule has 21 heavy (non-hydrogen) atoms. The molecule has 0 aliphatic rings. The molecule has 0 bridgehead atoms. The number of hydrogen-bond donors (Lipinski definition) is 2. The number of carbonyl (C=O) groups is 1. The fraction of sp³-hybridized carbons (Fsp3) is 0.294. The van der Waals surface area contributed by atoms with Gasteiger partial charge in [-0.05, 0) is 42.7 Å². The molecule has 0 fully saturated rings. The Labute approximate surface area is 125 Å². The van der Waals surface area contributed by atoms with Gasteiger partial charge in [0.25, 0.3) is 0 Å². The number of nitrogens with zero attached hydrogens (tertiary/aromatic N) is 1. The number of carbonyl (C=O) groups excluding carboxylic acids is 1. The zero-order valence-electron chi connectivity index (χ0n) is 12.5. The topological polar surface area (TPSA) is 54.0 Å². The highest BCUT2D eigenvalue weighted by Crippen LogP contribution is 2.09. The molecule has 0 saturated heterocycles. The van der Waals surface area contributed by atoms with Gasteiger partial charge >= 0.3 is 0 Å². The molecule has 2 aromatic rings. The number of pyridine rings is 1. The van der Waals surface area contributed by atoms with Crippen molar-refractivity contribution < 1.29 is 4.79 Å². The van der Waals surface area contributed by atoms with Gasteiger partial charge in [0.1, 0.15) is 0 Å². The van der Waals surface area contributed by atoms with Gasteiger partial charge in [0.2, 0.25) is 5.91 Å². The van der Waals surface area contributed by atoms with E-state index in [2.05, 4.69) is 28.6 Å². The van der Waals surface area contributed by atoms with E-state index in [0.29, 0.717) is 6.54 Å². The van der Waals surface area contributed by atoms with E-state index in [1.165, 1.54) is 5.56 Å². The Morgan fingerprint density at radius 2 is 2.10 bits per heavy atom. The number of aromatic nitrogens is 1. The molecular formula is C17H21N3O. The molecule has 2 N–H and O–H groups in total. The van der Waals surface area contributed by atoms with E-state index in [0.717, 1.165) is 23.4 Å². The molecule has 1 heterocycles. The summed E-state index contributed by atoms with van der Waals surface area (Å²) >= 11 is 0. The standard InChI is InChI=1S/C17H21N3O/c1-3-14-7-5-9-19-16(14)11-18-12-17(21)20-15-8-4-6-13(2)10-15/h4-10,18H,3,11-12H2,1-2H3,(H,20,21). The third-order valence-corrected chi connectivity index (χ3v) is 3.25. The van der Waals surface area contributed by atoms with Gasteiger partial charge in [-0.3, -0.25) is 9.78 Å². The van der Waals surface area contributed by atoms with Gasteiger partial charge in [-0.2, -0.15) is 0 Å².